The van der Waals surface area contributed by atoms with Gasteiger partial charge in [-0.1, -0.05) is 12.1 Å². The fourth-order valence-electron chi connectivity index (χ4n) is 1.94. The first-order valence-corrected chi connectivity index (χ1v) is 7.03. The summed E-state index contributed by atoms with van der Waals surface area (Å²) < 4.78 is 12.0. The minimum absolute atomic E-state index is 0.165. The fraction of sp³-hybridized carbons (Fsp3) is 0.286. The first-order chi connectivity index (χ1) is 9.26. The number of rotatable bonds is 5. The summed E-state index contributed by atoms with van der Waals surface area (Å²) in [6.45, 7) is 0. The van der Waals surface area contributed by atoms with Gasteiger partial charge < -0.3 is 9.15 Å². The van der Waals surface area contributed by atoms with E-state index in [2.05, 4.69) is 21.4 Å². The van der Waals surface area contributed by atoms with Crippen molar-refractivity contribution in [2.75, 3.05) is 0 Å². The summed E-state index contributed by atoms with van der Waals surface area (Å²) in [4.78, 5) is 0. The van der Waals surface area contributed by atoms with E-state index in [0.29, 0.717) is 10.8 Å². The van der Waals surface area contributed by atoms with Gasteiger partial charge in [0.25, 0.3) is 0 Å². The van der Waals surface area contributed by atoms with E-state index in [1.807, 2.05) is 36.4 Å². The predicted molar refractivity (Wildman–Crippen MR) is 75.7 cm³/mol. The molecule has 1 fully saturated rings. The molecule has 0 bridgehead atoms. The van der Waals surface area contributed by atoms with E-state index in [1.165, 1.54) is 0 Å². The van der Waals surface area contributed by atoms with Gasteiger partial charge in [0.2, 0.25) is 0 Å². The summed E-state index contributed by atoms with van der Waals surface area (Å²) >= 11 is 3.29. The average Bonchev–Trinajstić information content (AvgIpc) is 3.13. The lowest BCUT2D eigenvalue weighted by molar-refractivity contribution is 0.303. The van der Waals surface area contributed by atoms with E-state index in [0.717, 1.165) is 29.9 Å². The van der Waals surface area contributed by atoms with E-state index in [-0.39, 0.29) is 6.04 Å². The maximum absolute atomic E-state index is 5.72. The Bertz CT molecular complexity index is 549. The van der Waals surface area contributed by atoms with Crippen molar-refractivity contribution in [1.82, 2.24) is 5.43 Å². The van der Waals surface area contributed by atoms with Gasteiger partial charge in [-0.05, 0) is 58.6 Å². The quantitative estimate of drug-likeness (QED) is 0.655. The number of nitrogens with two attached hydrogens (primary N) is 1. The molecule has 100 valence electrons. The molecule has 1 aliphatic rings. The lowest BCUT2D eigenvalue weighted by Crippen LogP contribution is -2.28. The van der Waals surface area contributed by atoms with Gasteiger partial charge in [0.15, 0.2) is 4.67 Å². The number of ether oxygens (including phenoxy) is 1. The van der Waals surface area contributed by atoms with Gasteiger partial charge in [-0.15, -0.1) is 0 Å². The molecule has 2 aromatic rings. The molecule has 5 heteroatoms. The van der Waals surface area contributed by atoms with Crippen molar-refractivity contribution >= 4 is 15.9 Å². The predicted octanol–water partition coefficient (Wildman–Crippen LogP) is 3.14. The Kier molecular flexibility index (Phi) is 3.59. The van der Waals surface area contributed by atoms with Crippen molar-refractivity contribution in [3.8, 4) is 5.75 Å². The first-order valence-electron chi connectivity index (χ1n) is 6.24. The van der Waals surface area contributed by atoms with Gasteiger partial charge in [-0.3, -0.25) is 5.84 Å². The Balaban J connectivity index is 1.78. The summed E-state index contributed by atoms with van der Waals surface area (Å²) in [6.07, 6.45) is 2.74. The zero-order valence-corrected chi connectivity index (χ0v) is 11.9. The number of furan rings is 1. The summed E-state index contributed by atoms with van der Waals surface area (Å²) in [6, 6.07) is 11.5. The maximum atomic E-state index is 5.72. The zero-order chi connectivity index (χ0) is 13.2. The lowest BCUT2D eigenvalue weighted by Gasteiger charge is -2.14. The minimum atomic E-state index is -0.165. The Labute approximate surface area is 120 Å². The lowest BCUT2D eigenvalue weighted by atomic mass is 10.1. The highest BCUT2D eigenvalue weighted by atomic mass is 79.9. The first kappa shape index (κ1) is 12.7. The minimum Gasteiger partial charge on any atom is -0.490 e. The molecule has 1 atom stereocenters. The normalized spacial score (nSPS) is 16.3. The molecule has 1 aromatic heterocycles. The van der Waals surface area contributed by atoms with Crippen LogP contribution in [0.2, 0.25) is 0 Å². The van der Waals surface area contributed by atoms with Crippen molar-refractivity contribution in [3.05, 3.63) is 52.4 Å². The van der Waals surface area contributed by atoms with Crippen molar-refractivity contribution in [2.24, 2.45) is 5.84 Å². The maximum Gasteiger partial charge on any atom is 0.169 e. The molecule has 3 rings (SSSR count). The van der Waals surface area contributed by atoms with E-state index in [9.17, 15) is 0 Å². The molecule has 3 N–H and O–H groups in total. The molecular weight excluding hydrogens is 308 g/mol. The van der Waals surface area contributed by atoms with Crippen LogP contribution < -0.4 is 16.0 Å². The average molecular weight is 323 g/mol. The molecule has 0 spiro atoms. The molecule has 1 saturated carbocycles. The monoisotopic (exact) mass is 322 g/mol. The van der Waals surface area contributed by atoms with Crippen LogP contribution in [0.4, 0.5) is 0 Å². The van der Waals surface area contributed by atoms with Gasteiger partial charge in [-0.2, -0.15) is 0 Å². The molecule has 0 amide bonds. The second kappa shape index (κ2) is 5.36. The van der Waals surface area contributed by atoms with Crippen LogP contribution in [0.1, 0.15) is 30.2 Å². The van der Waals surface area contributed by atoms with Gasteiger partial charge in [0, 0.05) is 0 Å². The molecule has 19 heavy (non-hydrogen) atoms. The Morgan fingerprint density at radius 3 is 2.47 bits per heavy atom. The molecule has 0 saturated heterocycles. The summed E-state index contributed by atoms with van der Waals surface area (Å²) in [7, 11) is 0. The topological polar surface area (TPSA) is 60.4 Å². The summed E-state index contributed by atoms with van der Waals surface area (Å²) in [5.41, 5.74) is 3.80. The van der Waals surface area contributed by atoms with E-state index in [4.69, 9.17) is 15.0 Å². The highest BCUT2D eigenvalue weighted by molar-refractivity contribution is 9.10. The van der Waals surface area contributed by atoms with Crippen molar-refractivity contribution < 1.29 is 9.15 Å². The summed E-state index contributed by atoms with van der Waals surface area (Å²) in [5, 5.41) is 0. The van der Waals surface area contributed by atoms with E-state index in [1.54, 1.807) is 0 Å². The van der Waals surface area contributed by atoms with E-state index < -0.39 is 0 Å². The fourth-order valence-corrected chi connectivity index (χ4v) is 2.26. The standard InChI is InChI=1S/C14H15BrN2O2/c15-13-8-7-12(19-13)14(17-16)9-1-3-10(4-2-9)18-11-5-6-11/h1-4,7-8,11,14,17H,5-6,16H2. The molecule has 1 unspecified atom stereocenters. The second-order valence-electron chi connectivity index (χ2n) is 4.63. The molecule has 1 aliphatic carbocycles. The number of nitrogens with one attached hydrogen (secondary N) is 1. The SMILES string of the molecule is NNC(c1ccc(OC2CC2)cc1)c1ccc(Br)o1. The van der Waals surface area contributed by atoms with Crippen molar-refractivity contribution in [2.45, 2.75) is 25.0 Å². The van der Waals surface area contributed by atoms with Gasteiger partial charge >= 0.3 is 0 Å². The molecule has 0 aliphatic heterocycles. The van der Waals surface area contributed by atoms with Crippen molar-refractivity contribution in [3.63, 3.8) is 0 Å². The van der Waals surface area contributed by atoms with Crippen molar-refractivity contribution in [1.29, 1.82) is 0 Å². The highest BCUT2D eigenvalue weighted by Gasteiger charge is 2.23. The third kappa shape index (κ3) is 3.00. The Morgan fingerprint density at radius 1 is 1.21 bits per heavy atom. The Hall–Kier alpha value is -1.30. The smallest absolute Gasteiger partial charge is 0.169 e. The summed E-state index contributed by atoms with van der Waals surface area (Å²) in [5.74, 6) is 7.29. The number of hydrogen-bond acceptors (Lipinski definition) is 4. The van der Waals surface area contributed by atoms with Crippen LogP contribution in [-0.4, -0.2) is 6.10 Å². The third-order valence-corrected chi connectivity index (χ3v) is 3.51. The largest absolute Gasteiger partial charge is 0.490 e. The second-order valence-corrected chi connectivity index (χ2v) is 5.41. The van der Waals surface area contributed by atoms with Crippen LogP contribution in [0.5, 0.6) is 5.75 Å². The van der Waals surface area contributed by atoms with Crippen LogP contribution in [0, 0.1) is 0 Å². The number of benzene rings is 1. The van der Waals surface area contributed by atoms with E-state index >= 15 is 0 Å². The number of halogens is 1. The van der Waals surface area contributed by atoms with Crippen LogP contribution in [0.3, 0.4) is 0 Å². The van der Waals surface area contributed by atoms with Gasteiger partial charge in [0.05, 0.1) is 6.10 Å². The van der Waals surface area contributed by atoms with Gasteiger partial charge in [-0.25, -0.2) is 5.43 Å². The molecule has 1 heterocycles. The number of hydrogen-bond donors (Lipinski definition) is 2. The zero-order valence-electron chi connectivity index (χ0n) is 10.3. The van der Waals surface area contributed by atoms with Gasteiger partial charge in [0.1, 0.15) is 17.6 Å². The van der Waals surface area contributed by atoms with Crippen LogP contribution in [0.15, 0.2) is 45.5 Å². The van der Waals surface area contributed by atoms with Crippen LogP contribution in [-0.2, 0) is 0 Å². The highest BCUT2D eigenvalue weighted by Crippen LogP contribution is 2.29. The van der Waals surface area contributed by atoms with Crippen LogP contribution in [0.25, 0.3) is 0 Å². The van der Waals surface area contributed by atoms with Crippen LogP contribution >= 0.6 is 15.9 Å². The molecule has 0 radical (unpaired) electrons. The molecule has 4 nitrogen and oxygen atoms in total. The molecule has 1 aromatic carbocycles. The Morgan fingerprint density at radius 2 is 1.95 bits per heavy atom. The number of hydrazine groups is 1. The third-order valence-electron chi connectivity index (χ3n) is 3.09. The molecular formula is C14H15BrN2O2.